The van der Waals surface area contributed by atoms with Crippen LogP contribution in [-0.4, -0.2) is 36.1 Å². The Bertz CT molecular complexity index is 502. The molecule has 0 spiro atoms. The molecule has 0 aromatic heterocycles. The molecule has 0 saturated heterocycles. The molecule has 116 valence electrons. The van der Waals surface area contributed by atoms with Crippen LogP contribution in [-0.2, 0) is 4.79 Å². The molecule has 0 bridgehead atoms. The number of nitrogens with two attached hydrogens (primary N) is 1. The number of Topliss-reactive ketones (excluding diaryl/α,β-unsaturated/α-hetero) is 1. The Balaban J connectivity index is 2.57. The molecule has 1 unspecified atom stereocenters. The highest BCUT2D eigenvalue weighted by Crippen LogP contribution is 2.23. The number of carboxylic acid groups (broad SMARTS) is 1. The molecule has 1 atom stereocenters. The third kappa shape index (κ3) is 5.43. The van der Waals surface area contributed by atoms with E-state index in [-0.39, 0.29) is 12.2 Å². The van der Waals surface area contributed by atoms with Crippen LogP contribution in [0.4, 0.5) is 5.69 Å². The molecule has 0 fully saturated rings. The molecule has 6 nitrogen and oxygen atoms in total. The molecular weight excluding hydrogens is 272 g/mol. The van der Waals surface area contributed by atoms with E-state index in [0.717, 1.165) is 0 Å². The highest BCUT2D eigenvalue weighted by Gasteiger charge is 2.15. The first-order valence-electron chi connectivity index (χ1n) is 6.97. The van der Waals surface area contributed by atoms with E-state index in [1.54, 1.807) is 25.1 Å². The van der Waals surface area contributed by atoms with Crippen LogP contribution < -0.4 is 15.8 Å². The molecule has 0 aliphatic carbocycles. The fourth-order valence-electron chi connectivity index (χ4n) is 1.89. The van der Waals surface area contributed by atoms with Gasteiger partial charge in [0.1, 0.15) is 5.75 Å². The second kappa shape index (κ2) is 8.26. The number of ether oxygens (including phenoxy) is 1. The number of hydrogen-bond donors (Lipinski definition) is 3. The predicted octanol–water partition coefficient (Wildman–Crippen LogP) is 1.69. The van der Waals surface area contributed by atoms with Crippen molar-refractivity contribution in [3.05, 3.63) is 23.8 Å². The highest BCUT2D eigenvalue weighted by molar-refractivity contribution is 6.00. The first-order chi connectivity index (χ1) is 9.95. The summed E-state index contributed by atoms with van der Waals surface area (Å²) in [5.41, 5.74) is 6.78. The number of aliphatic carboxylic acids is 1. The van der Waals surface area contributed by atoms with Gasteiger partial charge in [0.25, 0.3) is 0 Å². The zero-order valence-electron chi connectivity index (χ0n) is 12.4. The first kappa shape index (κ1) is 17.0. The lowest BCUT2D eigenvalue weighted by Crippen LogP contribution is -2.34. The zero-order chi connectivity index (χ0) is 15.8. The van der Waals surface area contributed by atoms with E-state index in [1.165, 1.54) is 0 Å². The summed E-state index contributed by atoms with van der Waals surface area (Å²) in [7, 11) is 0. The van der Waals surface area contributed by atoms with Gasteiger partial charge in [-0.3, -0.25) is 9.59 Å². The van der Waals surface area contributed by atoms with E-state index in [0.29, 0.717) is 36.6 Å². The summed E-state index contributed by atoms with van der Waals surface area (Å²) in [6.45, 7) is 4.60. The molecule has 0 heterocycles. The minimum absolute atomic E-state index is 0.0833. The van der Waals surface area contributed by atoms with Crippen LogP contribution in [0.1, 0.15) is 37.0 Å². The van der Waals surface area contributed by atoms with Gasteiger partial charge in [0.2, 0.25) is 0 Å². The van der Waals surface area contributed by atoms with Gasteiger partial charge < -0.3 is 20.9 Å². The number of carbonyl (C=O) groups excluding carboxylic acids is 1. The zero-order valence-corrected chi connectivity index (χ0v) is 12.4. The number of rotatable bonds is 9. The normalized spacial score (nSPS) is 11.9. The Kier molecular flexibility index (Phi) is 6.68. The Morgan fingerprint density at radius 2 is 2.14 bits per heavy atom. The van der Waals surface area contributed by atoms with Crippen molar-refractivity contribution in [2.75, 3.05) is 18.9 Å². The third-order valence-electron chi connectivity index (χ3n) is 3.01. The van der Waals surface area contributed by atoms with Gasteiger partial charge in [-0.25, -0.2) is 0 Å². The number of benzene rings is 1. The summed E-state index contributed by atoms with van der Waals surface area (Å²) >= 11 is 0. The standard InChI is InChI=1S/C15H22N2O4/c1-3-21-13-7-6-11(9-12(13)16)15(20)10(2)17-8-4-5-14(18)19/h6-7,9-10,17H,3-5,8,16H2,1-2H3,(H,18,19). The molecule has 0 radical (unpaired) electrons. The Morgan fingerprint density at radius 3 is 2.71 bits per heavy atom. The van der Waals surface area contributed by atoms with E-state index >= 15 is 0 Å². The van der Waals surface area contributed by atoms with E-state index < -0.39 is 12.0 Å². The van der Waals surface area contributed by atoms with Gasteiger partial charge in [-0.2, -0.15) is 0 Å². The van der Waals surface area contributed by atoms with Gasteiger partial charge in [-0.05, 0) is 45.0 Å². The molecule has 1 aromatic carbocycles. The Labute approximate surface area is 124 Å². The van der Waals surface area contributed by atoms with Gasteiger partial charge in [0.15, 0.2) is 5.78 Å². The van der Waals surface area contributed by atoms with Crippen LogP contribution in [0, 0.1) is 0 Å². The van der Waals surface area contributed by atoms with Gasteiger partial charge in [0, 0.05) is 12.0 Å². The van der Waals surface area contributed by atoms with E-state index in [2.05, 4.69) is 5.32 Å². The molecule has 21 heavy (non-hydrogen) atoms. The van der Waals surface area contributed by atoms with E-state index in [4.69, 9.17) is 15.6 Å². The van der Waals surface area contributed by atoms with Gasteiger partial charge in [-0.1, -0.05) is 0 Å². The lowest BCUT2D eigenvalue weighted by molar-refractivity contribution is -0.137. The van der Waals surface area contributed by atoms with Crippen molar-refractivity contribution in [3.8, 4) is 5.75 Å². The number of carbonyl (C=O) groups is 2. The number of hydrogen-bond acceptors (Lipinski definition) is 5. The van der Waals surface area contributed by atoms with Crippen LogP contribution in [0.25, 0.3) is 0 Å². The van der Waals surface area contributed by atoms with Crippen LogP contribution in [0.3, 0.4) is 0 Å². The minimum atomic E-state index is -0.838. The fourth-order valence-corrected chi connectivity index (χ4v) is 1.89. The molecule has 1 rings (SSSR count). The maximum absolute atomic E-state index is 12.2. The van der Waals surface area contributed by atoms with Gasteiger partial charge in [-0.15, -0.1) is 0 Å². The maximum atomic E-state index is 12.2. The topological polar surface area (TPSA) is 102 Å². The molecular formula is C15H22N2O4. The van der Waals surface area contributed by atoms with Crippen molar-refractivity contribution in [3.63, 3.8) is 0 Å². The average Bonchev–Trinajstić information content (AvgIpc) is 2.44. The lowest BCUT2D eigenvalue weighted by atomic mass is 10.0. The fraction of sp³-hybridized carbons (Fsp3) is 0.467. The smallest absolute Gasteiger partial charge is 0.303 e. The van der Waals surface area contributed by atoms with Crippen molar-refractivity contribution in [2.45, 2.75) is 32.7 Å². The number of nitrogens with one attached hydrogen (secondary N) is 1. The SMILES string of the molecule is CCOc1ccc(C(=O)C(C)NCCCC(=O)O)cc1N. The molecule has 0 amide bonds. The summed E-state index contributed by atoms with van der Waals surface area (Å²) in [6.07, 6.45) is 0.572. The van der Waals surface area contributed by atoms with Crippen LogP contribution in [0.15, 0.2) is 18.2 Å². The first-order valence-corrected chi connectivity index (χ1v) is 6.97. The summed E-state index contributed by atoms with van der Waals surface area (Å²) in [5.74, 6) is -0.355. The van der Waals surface area contributed by atoms with Crippen molar-refractivity contribution >= 4 is 17.4 Å². The van der Waals surface area contributed by atoms with E-state index in [1.807, 2.05) is 6.92 Å². The highest BCUT2D eigenvalue weighted by atomic mass is 16.5. The minimum Gasteiger partial charge on any atom is -0.492 e. The van der Waals surface area contributed by atoms with Crippen molar-refractivity contribution in [1.82, 2.24) is 5.32 Å². The number of carboxylic acids is 1. The van der Waals surface area contributed by atoms with Gasteiger partial charge in [0.05, 0.1) is 18.3 Å². The molecule has 4 N–H and O–H groups in total. The van der Waals surface area contributed by atoms with Gasteiger partial charge >= 0.3 is 5.97 Å². The van der Waals surface area contributed by atoms with E-state index in [9.17, 15) is 9.59 Å². The average molecular weight is 294 g/mol. The molecule has 0 saturated carbocycles. The van der Waals surface area contributed by atoms with Crippen molar-refractivity contribution in [2.24, 2.45) is 0 Å². The summed E-state index contributed by atoms with van der Waals surface area (Å²) in [4.78, 5) is 22.6. The largest absolute Gasteiger partial charge is 0.492 e. The maximum Gasteiger partial charge on any atom is 0.303 e. The monoisotopic (exact) mass is 294 g/mol. The second-order valence-corrected chi connectivity index (χ2v) is 4.72. The Morgan fingerprint density at radius 1 is 1.43 bits per heavy atom. The number of anilines is 1. The summed E-state index contributed by atoms with van der Waals surface area (Å²) in [5, 5.41) is 11.6. The third-order valence-corrected chi connectivity index (χ3v) is 3.01. The Hall–Kier alpha value is -2.08. The molecule has 0 aliphatic rings. The predicted molar refractivity (Wildman–Crippen MR) is 80.7 cm³/mol. The summed E-state index contributed by atoms with van der Waals surface area (Å²) < 4.78 is 5.33. The second-order valence-electron chi connectivity index (χ2n) is 4.72. The van der Waals surface area contributed by atoms with Crippen LogP contribution >= 0.6 is 0 Å². The molecule has 1 aromatic rings. The number of ketones is 1. The van der Waals surface area contributed by atoms with Crippen LogP contribution in [0.2, 0.25) is 0 Å². The van der Waals surface area contributed by atoms with Crippen LogP contribution in [0.5, 0.6) is 5.75 Å². The number of nitrogen functional groups attached to an aromatic ring is 1. The van der Waals surface area contributed by atoms with Crippen molar-refractivity contribution < 1.29 is 19.4 Å². The van der Waals surface area contributed by atoms with Crippen molar-refractivity contribution in [1.29, 1.82) is 0 Å². The lowest BCUT2D eigenvalue weighted by Gasteiger charge is -2.14. The quantitative estimate of drug-likeness (QED) is 0.364. The molecule has 6 heteroatoms. The summed E-state index contributed by atoms with van der Waals surface area (Å²) in [6, 6.07) is 4.57. The molecule has 0 aliphatic heterocycles.